The average molecular weight is 292 g/mol. The summed E-state index contributed by atoms with van der Waals surface area (Å²) in [4.78, 5) is 1.19. The van der Waals surface area contributed by atoms with Gasteiger partial charge in [0.15, 0.2) is 0 Å². The summed E-state index contributed by atoms with van der Waals surface area (Å²) in [5.41, 5.74) is 0. The minimum atomic E-state index is -3.46. The lowest BCUT2D eigenvalue weighted by molar-refractivity contribution is 0.180. The predicted molar refractivity (Wildman–Crippen MR) is 73.4 cm³/mol. The minimum Gasteiger partial charge on any atom is -0.383 e. The van der Waals surface area contributed by atoms with E-state index in [1.54, 1.807) is 25.5 Å². The zero-order valence-corrected chi connectivity index (χ0v) is 12.5. The molecule has 0 amide bonds. The van der Waals surface area contributed by atoms with E-state index in [0.717, 1.165) is 11.4 Å². The minimum absolute atomic E-state index is 0.244. The first kappa shape index (κ1) is 15.6. The maximum Gasteiger partial charge on any atom is 0.242 e. The van der Waals surface area contributed by atoms with Crippen molar-refractivity contribution in [3.63, 3.8) is 0 Å². The Hall–Kier alpha value is -0.470. The van der Waals surface area contributed by atoms with Crippen molar-refractivity contribution in [2.75, 3.05) is 20.3 Å². The molecule has 2 N–H and O–H groups in total. The molecule has 0 aromatic carbocycles. The third-order valence-electron chi connectivity index (χ3n) is 2.30. The molecular weight excluding hydrogens is 272 g/mol. The third-order valence-corrected chi connectivity index (χ3v) is 5.03. The molecule has 0 aliphatic heterocycles. The van der Waals surface area contributed by atoms with Gasteiger partial charge in [0, 0.05) is 24.6 Å². The van der Waals surface area contributed by atoms with Crippen LogP contribution in [0.15, 0.2) is 16.3 Å². The van der Waals surface area contributed by atoms with Crippen LogP contribution in [-0.2, 0) is 21.3 Å². The van der Waals surface area contributed by atoms with Crippen LogP contribution in [-0.4, -0.2) is 34.7 Å². The van der Waals surface area contributed by atoms with Crippen LogP contribution in [0.2, 0.25) is 0 Å². The zero-order chi connectivity index (χ0) is 13.6. The topological polar surface area (TPSA) is 67.4 Å². The van der Waals surface area contributed by atoms with Crippen molar-refractivity contribution in [2.45, 2.75) is 31.3 Å². The van der Waals surface area contributed by atoms with Crippen LogP contribution in [0.4, 0.5) is 0 Å². The Morgan fingerprint density at radius 3 is 2.83 bits per heavy atom. The smallest absolute Gasteiger partial charge is 0.242 e. The number of rotatable bonds is 8. The third kappa shape index (κ3) is 4.33. The van der Waals surface area contributed by atoms with Crippen molar-refractivity contribution < 1.29 is 13.2 Å². The lowest BCUT2D eigenvalue weighted by Crippen LogP contribution is -2.36. The number of nitrogens with one attached hydrogen (secondary N) is 2. The Morgan fingerprint density at radius 1 is 1.50 bits per heavy atom. The summed E-state index contributed by atoms with van der Waals surface area (Å²) in [6.07, 6.45) is 0. The van der Waals surface area contributed by atoms with Gasteiger partial charge >= 0.3 is 0 Å². The second-order valence-corrected chi connectivity index (χ2v) is 6.65. The zero-order valence-electron chi connectivity index (χ0n) is 10.9. The lowest BCUT2D eigenvalue weighted by atomic mass is 10.4. The number of thiophene rings is 1. The molecule has 0 fully saturated rings. The van der Waals surface area contributed by atoms with Crippen molar-refractivity contribution in [3.05, 3.63) is 16.3 Å². The molecule has 0 bridgehead atoms. The van der Waals surface area contributed by atoms with Gasteiger partial charge < -0.3 is 10.1 Å². The quantitative estimate of drug-likeness (QED) is 0.755. The lowest BCUT2D eigenvalue weighted by Gasteiger charge is -2.13. The molecule has 7 heteroatoms. The van der Waals surface area contributed by atoms with Crippen molar-refractivity contribution in [1.29, 1.82) is 0 Å². The van der Waals surface area contributed by atoms with Crippen LogP contribution in [0.3, 0.4) is 0 Å². The molecule has 1 aromatic heterocycles. The van der Waals surface area contributed by atoms with E-state index >= 15 is 0 Å². The second-order valence-electron chi connectivity index (χ2n) is 3.97. The monoisotopic (exact) mass is 292 g/mol. The van der Waals surface area contributed by atoms with Crippen LogP contribution in [0.5, 0.6) is 0 Å². The molecule has 0 spiro atoms. The second kappa shape index (κ2) is 7.20. The standard InChI is InChI=1S/C11H20N2O3S2/c1-4-12-7-10-11(5-6-17-10)18(14,15)13-9(2)8-16-3/h5-6,9,12-13H,4,7-8H2,1-3H3. The normalized spacial score (nSPS) is 13.7. The Labute approximate surface area is 113 Å². The van der Waals surface area contributed by atoms with Gasteiger partial charge in [-0.3, -0.25) is 0 Å². The molecule has 1 atom stereocenters. The Kier molecular flexibility index (Phi) is 6.24. The van der Waals surface area contributed by atoms with Gasteiger partial charge in [0.05, 0.1) is 11.5 Å². The first-order valence-electron chi connectivity index (χ1n) is 5.79. The predicted octanol–water partition coefficient (Wildman–Crippen LogP) is 1.17. The van der Waals surface area contributed by atoms with Gasteiger partial charge in [0.1, 0.15) is 0 Å². The number of sulfonamides is 1. The summed E-state index contributed by atoms with van der Waals surface area (Å²) in [6, 6.07) is 1.39. The number of ether oxygens (including phenoxy) is 1. The van der Waals surface area contributed by atoms with E-state index in [1.165, 1.54) is 11.3 Å². The van der Waals surface area contributed by atoms with Crippen LogP contribution < -0.4 is 10.0 Å². The average Bonchev–Trinajstić information content (AvgIpc) is 2.74. The van der Waals surface area contributed by atoms with Crippen molar-refractivity contribution >= 4 is 21.4 Å². The highest BCUT2D eigenvalue weighted by molar-refractivity contribution is 7.89. The Bertz CT molecular complexity index is 457. The summed E-state index contributed by atoms with van der Waals surface area (Å²) in [5.74, 6) is 0. The molecule has 0 radical (unpaired) electrons. The van der Waals surface area contributed by atoms with E-state index in [1.807, 2.05) is 6.92 Å². The number of hydrogen-bond donors (Lipinski definition) is 2. The fourth-order valence-corrected chi connectivity index (χ4v) is 4.19. The van der Waals surface area contributed by atoms with Crippen molar-refractivity contribution in [1.82, 2.24) is 10.0 Å². The number of hydrogen-bond acceptors (Lipinski definition) is 5. The van der Waals surface area contributed by atoms with E-state index in [2.05, 4.69) is 10.0 Å². The fourth-order valence-electron chi connectivity index (χ4n) is 1.55. The summed E-state index contributed by atoms with van der Waals surface area (Å²) in [6.45, 7) is 5.50. The molecule has 5 nitrogen and oxygen atoms in total. The van der Waals surface area contributed by atoms with E-state index < -0.39 is 10.0 Å². The Balaban J connectivity index is 2.81. The van der Waals surface area contributed by atoms with E-state index in [4.69, 9.17) is 4.74 Å². The van der Waals surface area contributed by atoms with Crippen LogP contribution in [0.25, 0.3) is 0 Å². The fraction of sp³-hybridized carbons (Fsp3) is 0.636. The molecule has 0 saturated carbocycles. The summed E-state index contributed by atoms with van der Waals surface area (Å²) < 4.78 is 31.9. The van der Waals surface area contributed by atoms with Crippen LogP contribution >= 0.6 is 11.3 Å². The summed E-state index contributed by atoms with van der Waals surface area (Å²) >= 11 is 1.44. The summed E-state index contributed by atoms with van der Waals surface area (Å²) in [7, 11) is -1.91. The largest absolute Gasteiger partial charge is 0.383 e. The van der Waals surface area contributed by atoms with E-state index in [9.17, 15) is 8.42 Å². The molecular formula is C11H20N2O3S2. The maximum absolute atomic E-state index is 12.2. The molecule has 18 heavy (non-hydrogen) atoms. The molecule has 1 rings (SSSR count). The molecule has 1 aromatic rings. The first-order chi connectivity index (χ1) is 8.51. The SMILES string of the molecule is CCNCc1sccc1S(=O)(=O)NC(C)COC. The van der Waals surface area contributed by atoms with Gasteiger partial charge in [-0.05, 0) is 24.9 Å². The van der Waals surface area contributed by atoms with Gasteiger partial charge in [0.25, 0.3) is 0 Å². The summed E-state index contributed by atoms with van der Waals surface area (Å²) in [5, 5.41) is 4.93. The van der Waals surface area contributed by atoms with Gasteiger partial charge in [0.2, 0.25) is 10.0 Å². The molecule has 104 valence electrons. The highest BCUT2D eigenvalue weighted by Gasteiger charge is 2.21. The molecule has 0 aliphatic rings. The maximum atomic E-state index is 12.2. The van der Waals surface area contributed by atoms with E-state index in [-0.39, 0.29) is 6.04 Å². The van der Waals surface area contributed by atoms with Gasteiger partial charge in [-0.1, -0.05) is 6.92 Å². The molecule has 0 aliphatic carbocycles. The van der Waals surface area contributed by atoms with Gasteiger partial charge in [-0.15, -0.1) is 11.3 Å². The molecule has 1 heterocycles. The van der Waals surface area contributed by atoms with E-state index in [0.29, 0.717) is 18.0 Å². The van der Waals surface area contributed by atoms with Gasteiger partial charge in [-0.25, -0.2) is 13.1 Å². The molecule has 0 saturated heterocycles. The van der Waals surface area contributed by atoms with Crippen LogP contribution in [0.1, 0.15) is 18.7 Å². The highest BCUT2D eigenvalue weighted by Crippen LogP contribution is 2.21. The van der Waals surface area contributed by atoms with Gasteiger partial charge in [-0.2, -0.15) is 0 Å². The number of methoxy groups -OCH3 is 1. The van der Waals surface area contributed by atoms with Crippen molar-refractivity contribution in [2.24, 2.45) is 0 Å². The Morgan fingerprint density at radius 2 is 2.22 bits per heavy atom. The first-order valence-corrected chi connectivity index (χ1v) is 8.16. The van der Waals surface area contributed by atoms with Crippen molar-refractivity contribution in [3.8, 4) is 0 Å². The molecule has 1 unspecified atom stereocenters. The van der Waals surface area contributed by atoms with Crippen LogP contribution in [0, 0.1) is 0 Å². The highest BCUT2D eigenvalue weighted by atomic mass is 32.2.